The van der Waals surface area contributed by atoms with E-state index in [-0.39, 0.29) is 0 Å². The van der Waals surface area contributed by atoms with Gasteiger partial charge in [0.2, 0.25) is 11.7 Å². The summed E-state index contributed by atoms with van der Waals surface area (Å²) in [6.07, 6.45) is 1.88. The summed E-state index contributed by atoms with van der Waals surface area (Å²) in [5.41, 5.74) is 3.38. The Labute approximate surface area is 174 Å². The van der Waals surface area contributed by atoms with E-state index in [1.807, 2.05) is 12.1 Å². The molecular formula is C21H22ClN5O2. The zero-order valence-electron chi connectivity index (χ0n) is 16.1. The highest BCUT2D eigenvalue weighted by atomic mass is 35.5. The molecule has 4 rings (SSSR count). The molecule has 0 unspecified atom stereocenters. The lowest BCUT2D eigenvalue weighted by Crippen LogP contribution is -2.37. The van der Waals surface area contributed by atoms with Gasteiger partial charge in [-0.3, -0.25) is 4.99 Å². The van der Waals surface area contributed by atoms with Gasteiger partial charge in [0.15, 0.2) is 5.96 Å². The van der Waals surface area contributed by atoms with E-state index in [0.717, 1.165) is 37.3 Å². The molecule has 29 heavy (non-hydrogen) atoms. The highest BCUT2D eigenvalue weighted by Crippen LogP contribution is 2.25. The van der Waals surface area contributed by atoms with Gasteiger partial charge in [0.25, 0.3) is 0 Å². The van der Waals surface area contributed by atoms with Crippen LogP contribution in [0.2, 0.25) is 5.02 Å². The third-order valence-corrected chi connectivity index (χ3v) is 4.88. The number of halogens is 1. The standard InChI is InChI=1S/C21H22ClN5O2/c1-23-21(24-9-7-14-5-6-18-15(11-14)8-10-28-18)25-13-19-26-20(27-29-19)16-3-2-4-17(22)12-16/h2-6,11-12H,7-10,13H2,1H3,(H2,23,24,25). The molecule has 0 fully saturated rings. The first-order valence-electron chi connectivity index (χ1n) is 9.49. The van der Waals surface area contributed by atoms with Crippen molar-refractivity contribution in [3.05, 3.63) is 64.5 Å². The highest BCUT2D eigenvalue weighted by molar-refractivity contribution is 6.30. The van der Waals surface area contributed by atoms with Gasteiger partial charge in [0.05, 0.1) is 13.2 Å². The van der Waals surface area contributed by atoms with E-state index in [2.05, 4.69) is 44.0 Å². The van der Waals surface area contributed by atoms with Crippen molar-refractivity contribution in [2.75, 3.05) is 20.2 Å². The molecule has 0 amide bonds. The Hall–Kier alpha value is -3.06. The molecule has 0 atom stereocenters. The molecule has 8 heteroatoms. The number of aromatic nitrogens is 2. The van der Waals surface area contributed by atoms with Crippen LogP contribution in [0.25, 0.3) is 11.4 Å². The molecule has 2 heterocycles. The number of nitrogens with zero attached hydrogens (tertiary/aromatic N) is 3. The van der Waals surface area contributed by atoms with Crippen LogP contribution < -0.4 is 15.4 Å². The lowest BCUT2D eigenvalue weighted by atomic mass is 10.1. The number of ether oxygens (including phenoxy) is 1. The van der Waals surface area contributed by atoms with Crippen molar-refractivity contribution in [1.82, 2.24) is 20.8 Å². The van der Waals surface area contributed by atoms with Gasteiger partial charge in [-0.25, -0.2) is 0 Å². The van der Waals surface area contributed by atoms with Gasteiger partial charge in [0.1, 0.15) is 5.75 Å². The second-order valence-corrected chi connectivity index (χ2v) is 7.10. The minimum Gasteiger partial charge on any atom is -0.493 e. The molecule has 1 aromatic heterocycles. The minimum absolute atomic E-state index is 0.378. The molecular weight excluding hydrogens is 390 g/mol. The fourth-order valence-corrected chi connectivity index (χ4v) is 3.36. The number of nitrogens with one attached hydrogen (secondary N) is 2. The second-order valence-electron chi connectivity index (χ2n) is 6.67. The van der Waals surface area contributed by atoms with Crippen LogP contribution in [0.4, 0.5) is 0 Å². The summed E-state index contributed by atoms with van der Waals surface area (Å²) in [4.78, 5) is 8.63. The van der Waals surface area contributed by atoms with Crippen molar-refractivity contribution in [3.8, 4) is 17.1 Å². The molecule has 7 nitrogen and oxygen atoms in total. The molecule has 1 aliphatic heterocycles. The highest BCUT2D eigenvalue weighted by Gasteiger charge is 2.12. The van der Waals surface area contributed by atoms with Crippen molar-refractivity contribution >= 4 is 17.6 Å². The molecule has 150 valence electrons. The average molecular weight is 412 g/mol. The van der Waals surface area contributed by atoms with Crippen molar-refractivity contribution < 1.29 is 9.26 Å². The topological polar surface area (TPSA) is 84.6 Å². The third kappa shape index (κ3) is 4.86. The van der Waals surface area contributed by atoms with Crippen LogP contribution in [-0.4, -0.2) is 36.3 Å². The third-order valence-electron chi connectivity index (χ3n) is 4.64. The number of rotatable bonds is 6. The summed E-state index contributed by atoms with van der Waals surface area (Å²) < 4.78 is 10.9. The Kier molecular flexibility index (Phi) is 5.95. The smallest absolute Gasteiger partial charge is 0.246 e. The SMILES string of the molecule is CN=C(NCCc1ccc2c(c1)CCO2)NCc1nc(-c2cccc(Cl)c2)no1. The maximum absolute atomic E-state index is 6.01. The predicted molar refractivity (Wildman–Crippen MR) is 112 cm³/mol. The first kappa shape index (κ1) is 19.3. The van der Waals surface area contributed by atoms with Gasteiger partial charge in [-0.15, -0.1) is 0 Å². The Bertz CT molecular complexity index is 1020. The molecule has 0 saturated heterocycles. The Morgan fingerprint density at radius 2 is 2.14 bits per heavy atom. The van der Waals surface area contributed by atoms with Crippen molar-refractivity contribution in [2.45, 2.75) is 19.4 Å². The van der Waals surface area contributed by atoms with E-state index >= 15 is 0 Å². The van der Waals surface area contributed by atoms with Crippen molar-refractivity contribution in [3.63, 3.8) is 0 Å². The molecule has 2 N–H and O–H groups in total. The summed E-state index contributed by atoms with van der Waals surface area (Å²) in [6.45, 7) is 1.92. The number of benzene rings is 2. The van der Waals surface area contributed by atoms with Gasteiger partial charge in [-0.05, 0) is 35.7 Å². The van der Waals surface area contributed by atoms with E-state index in [0.29, 0.717) is 29.2 Å². The van der Waals surface area contributed by atoms with Gasteiger partial charge < -0.3 is 19.9 Å². The minimum atomic E-state index is 0.378. The van der Waals surface area contributed by atoms with Crippen LogP contribution in [0.1, 0.15) is 17.0 Å². The normalized spacial score (nSPS) is 13.1. The summed E-state index contributed by atoms with van der Waals surface area (Å²) in [6, 6.07) is 13.7. The molecule has 0 aliphatic carbocycles. The van der Waals surface area contributed by atoms with E-state index < -0.39 is 0 Å². The van der Waals surface area contributed by atoms with Gasteiger partial charge >= 0.3 is 0 Å². The predicted octanol–water partition coefficient (Wildman–Crippen LogP) is 3.23. The Balaban J connectivity index is 1.26. The molecule has 0 spiro atoms. The number of hydrogen-bond donors (Lipinski definition) is 2. The van der Waals surface area contributed by atoms with Gasteiger partial charge in [0, 0.05) is 30.6 Å². The van der Waals surface area contributed by atoms with Crippen LogP contribution in [-0.2, 0) is 19.4 Å². The fraction of sp³-hybridized carbons (Fsp3) is 0.286. The lowest BCUT2D eigenvalue weighted by molar-refractivity contribution is 0.357. The quantitative estimate of drug-likeness (QED) is 0.478. The molecule has 1 aliphatic rings. The first-order valence-corrected chi connectivity index (χ1v) is 9.87. The van der Waals surface area contributed by atoms with Crippen LogP contribution in [0, 0.1) is 0 Å². The Morgan fingerprint density at radius 3 is 3.00 bits per heavy atom. The lowest BCUT2D eigenvalue weighted by Gasteiger charge is -2.10. The molecule has 3 aromatic rings. The second kappa shape index (κ2) is 8.96. The van der Waals surface area contributed by atoms with Crippen LogP contribution >= 0.6 is 11.6 Å². The van der Waals surface area contributed by atoms with E-state index in [1.165, 1.54) is 11.1 Å². The number of guanidine groups is 1. The average Bonchev–Trinajstić information content (AvgIpc) is 3.39. The Morgan fingerprint density at radius 1 is 1.21 bits per heavy atom. The number of hydrogen-bond acceptors (Lipinski definition) is 5. The zero-order chi connectivity index (χ0) is 20.1. The van der Waals surface area contributed by atoms with Crippen LogP contribution in [0.15, 0.2) is 52.0 Å². The first-order chi connectivity index (χ1) is 14.2. The summed E-state index contributed by atoms with van der Waals surface area (Å²) in [5, 5.41) is 11.1. The van der Waals surface area contributed by atoms with E-state index in [4.69, 9.17) is 20.9 Å². The molecule has 0 saturated carbocycles. The molecule has 0 bridgehead atoms. The van der Waals surface area contributed by atoms with Crippen molar-refractivity contribution in [1.29, 1.82) is 0 Å². The summed E-state index contributed by atoms with van der Waals surface area (Å²) in [7, 11) is 1.73. The van der Waals surface area contributed by atoms with Gasteiger partial charge in [-0.2, -0.15) is 4.98 Å². The largest absolute Gasteiger partial charge is 0.493 e. The monoisotopic (exact) mass is 411 g/mol. The van der Waals surface area contributed by atoms with E-state index in [1.54, 1.807) is 19.2 Å². The van der Waals surface area contributed by atoms with Gasteiger partial charge in [-0.1, -0.05) is 41.0 Å². The number of fused-ring (bicyclic) bond motifs is 1. The maximum atomic E-state index is 6.01. The summed E-state index contributed by atoms with van der Waals surface area (Å²) >= 11 is 6.01. The fourth-order valence-electron chi connectivity index (χ4n) is 3.17. The molecule has 2 aromatic carbocycles. The van der Waals surface area contributed by atoms with Crippen LogP contribution in [0.3, 0.4) is 0 Å². The van der Waals surface area contributed by atoms with Crippen molar-refractivity contribution in [2.24, 2.45) is 4.99 Å². The zero-order valence-corrected chi connectivity index (χ0v) is 16.9. The van der Waals surface area contributed by atoms with E-state index in [9.17, 15) is 0 Å². The maximum Gasteiger partial charge on any atom is 0.246 e. The molecule has 0 radical (unpaired) electrons. The summed E-state index contributed by atoms with van der Waals surface area (Å²) in [5.74, 6) is 2.67. The van der Waals surface area contributed by atoms with Crippen LogP contribution in [0.5, 0.6) is 5.75 Å². The number of aliphatic imine (C=N–C) groups is 1.